The Kier molecular flexibility index (Phi) is 5.46. The first-order chi connectivity index (χ1) is 14.3. The van der Waals surface area contributed by atoms with Crippen molar-refractivity contribution in [2.24, 2.45) is 5.92 Å². The topological polar surface area (TPSA) is 84.9 Å². The summed E-state index contributed by atoms with van der Waals surface area (Å²) in [4.78, 5) is 13.2. The standard InChI is InChI=1S/C22H26N2O5S/c1-14-9-15(2)21(16(3)10-14)30(26,27)24-8-4-5-17(12-24)22(25)23-18-6-7-19-20(11-18)29-13-28-19/h6-7,9-11,17H,4-5,8,12-13H2,1-3H3,(H,23,25)/t17-/m1/s1. The second kappa shape index (κ2) is 7.92. The van der Waals surface area contributed by atoms with E-state index in [-0.39, 0.29) is 19.2 Å². The van der Waals surface area contributed by atoms with E-state index in [1.54, 1.807) is 18.2 Å². The molecular weight excluding hydrogens is 404 g/mol. The molecule has 0 unspecified atom stereocenters. The van der Waals surface area contributed by atoms with E-state index in [0.29, 0.717) is 41.5 Å². The van der Waals surface area contributed by atoms with E-state index in [1.807, 2.05) is 32.9 Å². The summed E-state index contributed by atoms with van der Waals surface area (Å²) in [6.07, 6.45) is 1.29. The molecule has 0 saturated carbocycles. The number of sulfonamides is 1. The van der Waals surface area contributed by atoms with Crippen LogP contribution in [-0.2, 0) is 14.8 Å². The fourth-order valence-electron chi connectivity index (χ4n) is 4.30. The highest BCUT2D eigenvalue weighted by molar-refractivity contribution is 7.89. The first-order valence-electron chi connectivity index (χ1n) is 10.0. The Hall–Kier alpha value is -2.58. The number of rotatable bonds is 4. The lowest BCUT2D eigenvalue weighted by molar-refractivity contribution is -0.120. The van der Waals surface area contributed by atoms with Gasteiger partial charge in [-0.05, 0) is 56.9 Å². The third-order valence-corrected chi connectivity index (χ3v) is 7.77. The fourth-order valence-corrected chi connectivity index (χ4v) is 6.23. The number of nitrogens with one attached hydrogen (secondary N) is 1. The summed E-state index contributed by atoms with van der Waals surface area (Å²) in [6, 6.07) is 8.98. The molecule has 0 aliphatic carbocycles. The predicted molar refractivity (Wildman–Crippen MR) is 113 cm³/mol. The van der Waals surface area contributed by atoms with Gasteiger partial charge < -0.3 is 14.8 Å². The van der Waals surface area contributed by atoms with Gasteiger partial charge in [-0.2, -0.15) is 4.31 Å². The van der Waals surface area contributed by atoms with Crippen molar-refractivity contribution >= 4 is 21.6 Å². The van der Waals surface area contributed by atoms with Crippen LogP contribution in [0.5, 0.6) is 11.5 Å². The summed E-state index contributed by atoms with van der Waals surface area (Å²) in [5, 5.41) is 2.89. The third kappa shape index (κ3) is 3.89. The summed E-state index contributed by atoms with van der Waals surface area (Å²) in [6.45, 7) is 6.35. The minimum absolute atomic E-state index is 0.167. The molecule has 30 heavy (non-hydrogen) atoms. The highest BCUT2D eigenvalue weighted by Gasteiger charge is 2.35. The van der Waals surface area contributed by atoms with Gasteiger partial charge in [-0.25, -0.2) is 8.42 Å². The summed E-state index contributed by atoms with van der Waals surface area (Å²) in [7, 11) is -3.67. The molecule has 2 aliphatic rings. The molecule has 0 radical (unpaired) electrons. The fraction of sp³-hybridized carbons (Fsp3) is 0.409. The second-order valence-electron chi connectivity index (χ2n) is 7.99. The highest BCUT2D eigenvalue weighted by Crippen LogP contribution is 2.35. The van der Waals surface area contributed by atoms with Gasteiger partial charge >= 0.3 is 0 Å². The maximum absolute atomic E-state index is 13.4. The van der Waals surface area contributed by atoms with Crippen LogP contribution in [0.4, 0.5) is 5.69 Å². The number of carbonyl (C=O) groups excluding carboxylic acids is 1. The average molecular weight is 431 g/mol. The maximum Gasteiger partial charge on any atom is 0.243 e. The Morgan fingerprint density at radius 3 is 2.50 bits per heavy atom. The summed E-state index contributed by atoms with van der Waals surface area (Å²) < 4.78 is 38.8. The Bertz CT molecular complexity index is 1070. The third-order valence-electron chi connectivity index (χ3n) is 5.60. The first-order valence-corrected chi connectivity index (χ1v) is 11.5. The van der Waals surface area contributed by atoms with Gasteiger partial charge in [-0.3, -0.25) is 4.79 Å². The molecule has 0 spiro atoms. The SMILES string of the molecule is Cc1cc(C)c(S(=O)(=O)N2CCC[C@@H](C(=O)Nc3ccc4c(c3)OCO4)C2)c(C)c1. The average Bonchev–Trinajstić information content (AvgIpc) is 3.15. The number of hydrogen-bond donors (Lipinski definition) is 1. The Balaban J connectivity index is 1.51. The van der Waals surface area contributed by atoms with Crippen molar-refractivity contribution in [3.05, 3.63) is 47.0 Å². The van der Waals surface area contributed by atoms with Crippen molar-refractivity contribution in [1.29, 1.82) is 0 Å². The van der Waals surface area contributed by atoms with E-state index in [9.17, 15) is 13.2 Å². The van der Waals surface area contributed by atoms with E-state index in [4.69, 9.17) is 9.47 Å². The van der Waals surface area contributed by atoms with Crippen molar-refractivity contribution in [2.75, 3.05) is 25.2 Å². The van der Waals surface area contributed by atoms with Gasteiger partial charge in [0.15, 0.2) is 11.5 Å². The Labute approximate surface area is 177 Å². The molecule has 2 aliphatic heterocycles. The predicted octanol–water partition coefficient (Wildman–Crippen LogP) is 3.38. The van der Waals surface area contributed by atoms with Crippen molar-refractivity contribution < 1.29 is 22.7 Å². The van der Waals surface area contributed by atoms with E-state index in [1.165, 1.54) is 4.31 Å². The lowest BCUT2D eigenvalue weighted by Crippen LogP contribution is -2.44. The molecule has 0 aromatic heterocycles. The monoisotopic (exact) mass is 430 g/mol. The van der Waals surface area contributed by atoms with Crippen LogP contribution in [0, 0.1) is 26.7 Å². The normalized spacial score (nSPS) is 19.0. The number of fused-ring (bicyclic) bond motifs is 1. The number of carbonyl (C=O) groups is 1. The maximum atomic E-state index is 13.4. The minimum Gasteiger partial charge on any atom is -0.454 e. The number of hydrogen-bond acceptors (Lipinski definition) is 5. The lowest BCUT2D eigenvalue weighted by Gasteiger charge is -2.32. The molecule has 8 heteroatoms. The van der Waals surface area contributed by atoms with Crippen LogP contribution in [0.1, 0.15) is 29.5 Å². The zero-order valence-corrected chi connectivity index (χ0v) is 18.2. The zero-order chi connectivity index (χ0) is 21.5. The highest BCUT2D eigenvalue weighted by atomic mass is 32.2. The van der Waals surface area contributed by atoms with Gasteiger partial charge in [0.2, 0.25) is 22.7 Å². The smallest absolute Gasteiger partial charge is 0.243 e. The molecule has 2 aromatic rings. The van der Waals surface area contributed by atoms with E-state index < -0.39 is 15.9 Å². The number of piperidine rings is 1. The molecule has 1 N–H and O–H groups in total. The van der Waals surface area contributed by atoms with Crippen LogP contribution in [0.3, 0.4) is 0 Å². The molecule has 0 bridgehead atoms. The van der Waals surface area contributed by atoms with Gasteiger partial charge in [0.25, 0.3) is 0 Å². The number of anilines is 1. The van der Waals surface area contributed by atoms with Crippen molar-refractivity contribution in [3.63, 3.8) is 0 Å². The van der Waals surface area contributed by atoms with Crippen LogP contribution in [-0.4, -0.2) is 38.5 Å². The van der Waals surface area contributed by atoms with Gasteiger partial charge in [-0.15, -0.1) is 0 Å². The summed E-state index contributed by atoms with van der Waals surface area (Å²) in [5.74, 6) is 0.633. The van der Waals surface area contributed by atoms with E-state index >= 15 is 0 Å². The van der Waals surface area contributed by atoms with Crippen molar-refractivity contribution in [2.45, 2.75) is 38.5 Å². The van der Waals surface area contributed by atoms with Crippen LogP contribution in [0.15, 0.2) is 35.2 Å². The molecule has 1 fully saturated rings. The van der Waals surface area contributed by atoms with Crippen molar-refractivity contribution in [3.8, 4) is 11.5 Å². The van der Waals surface area contributed by atoms with Crippen LogP contribution >= 0.6 is 0 Å². The molecule has 1 atom stereocenters. The van der Waals surface area contributed by atoms with E-state index in [0.717, 1.165) is 16.7 Å². The number of amides is 1. The molecule has 2 aromatic carbocycles. The van der Waals surface area contributed by atoms with Gasteiger partial charge in [-0.1, -0.05) is 17.7 Å². The lowest BCUT2D eigenvalue weighted by atomic mass is 9.98. The zero-order valence-electron chi connectivity index (χ0n) is 17.4. The Morgan fingerprint density at radius 1 is 1.07 bits per heavy atom. The summed E-state index contributed by atoms with van der Waals surface area (Å²) in [5.41, 5.74) is 3.11. The number of ether oxygens (including phenoxy) is 2. The number of benzene rings is 2. The molecule has 160 valence electrons. The second-order valence-corrected chi connectivity index (χ2v) is 9.86. The number of nitrogens with zero attached hydrogens (tertiary/aromatic N) is 1. The molecule has 2 heterocycles. The largest absolute Gasteiger partial charge is 0.454 e. The molecule has 1 amide bonds. The van der Waals surface area contributed by atoms with Gasteiger partial charge in [0, 0.05) is 24.8 Å². The van der Waals surface area contributed by atoms with Crippen LogP contribution < -0.4 is 14.8 Å². The van der Waals surface area contributed by atoms with Crippen LogP contribution in [0.25, 0.3) is 0 Å². The van der Waals surface area contributed by atoms with Gasteiger partial charge in [0.05, 0.1) is 10.8 Å². The Morgan fingerprint density at radius 2 is 1.77 bits per heavy atom. The summed E-state index contributed by atoms with van der Waals surface area (Å²) >= 11 is 0. The minimum atomic E-state index is -3.67. The molecule has 7 nitrogen and oxygen atoms in total. The first kappa shape index (κ1) is 20.7. The number of aryl methyl sites for hydroxylation is 3. The molecule has 1 saturated heterocycles. The molecule has 4 rings (SSSR count). The molecular formula is C22H26N2O5S. The van der Waals surface area contributed by atoms with Crippen molar-refractivity contribution in [1.82, 2.24) is 4.31 Å². The van der Waals surface area contributed by atoms with E-state index in [2.05, 4.69) is 5.32 Å². The van der Waals surface area contributed by atoms with Gasteiger partial charge in [0.1, 0.15) is 0 Å². The van der Waals surface area contributed by atoms with Crippen LogP contribution in [0.2, 0.25) is 0 Å². The quantitative estimate of drug-likeness (QED) is 0.804.